The molecule has 1 N–H and O–H groups in total. The van der Waals surface area contributed by atoms with Crippen LogP contribution < -0.4 is 5.32 Å². The second-order valence-electron chi connectivity index (χ2n) is 5.41. The maximum atomic E-state index is 12.1. The van der Waals surface area contributed by atoms with Crippen molar-refractivity contribution in [3.63, 3.8) is 0 Å². The Balaban J connectivity index is 2.08. The molecule has 1 aliphatic rings. The summed E-state index contributed by atoms with van der Waals surface area (Å²) in [6.07, 6.45) is 5.33. The molecule has 0 saturated carbocycles. The summed E-state index contributed by atoms with van der Waals surface area (Å²) < 4.78 is 1.74. The molecular weight excluding hydrogens is 256 g/mol. The van der Waals surface area contributed by atoms with E-state index < -0.39 is 0 Å². The highest BCUT2D eigenvalue weighted by atomic mass is 16.2. The first kappa shape index (κ1) is 14.6. The average Bonchev–Trinajstić information content (AvgIpc) is 2.84. The van der Waals surface area contributed by atoms with Crippen LogP contribution in [0.2, 0.25) is 0 Å². The van der Waals surface area contributed by atoms with Crippen molar-refractivity contribution in [2.24, 2.45) is 13.0 Å². The van der Waals surface area contributed by atoms with Gasteiger partial charge in [-0.05, 0) is 17.9 Å². The summed E-state index contributed by atoms with van der Waals surface area (Å²) in [6, 6.07) is -0.349. The zero-order valence-corrected chi connectivity index (χ0v) is 12.3. The molecule has 110 valence electrons. The van der Waals surface area contributed by atoms with Gasteiger partial charge in [0.2, 0.25) is 11.8 Å². The highest BCUT2D eigenvalue weighted by molar-refractivity contribution is 5.95. The first-order valence-electron chi connectivity index (χ1n) is 7.07. The van der Waals surface area contributed by atoms with Gasteiger partial charge in [0, 0.05) is 19.8 Å². The molecule has 6 nitrogen and oxygen atoms in total. The topological polar surface area (TPSA) is 67.2 Å². The molecule has 0 bridgehead atoms. The number of aryl methyl sites for hydroxylation is 1. The number of nitrogens with zero attached hydrogens (tertiary/aromatic N) is 3. The number of rotatable bonds is 5. The molecule has 1 aliphatic heterocycles. The normalized spacial score (nSPS) is 20.9. The molecule has 0 radical (unpaired) electrons. The Labute approximate surface area is 119 Å². The Kier molecular flexibility index (Phi) is 4.42. The van der Waals surface area contributed by atoms with Crippen molar-refractivity contribution < 1.29 is 9.59 Å². The van der Waals surface area contributed by atoms with Crippen molar-refractivity contribution in [1.82, 2.24) is 20.0 Å². The fourth-order valence-corrected chi connectivity index (χ4v) is 2.57. The van der Waals surface area contributed by atoms with Gasteiger partial charge in [0.25, 0.3) is 0 Å². The number of amides is 2. The van der Waals surface area contributed by atoms with E-state index in [0.29, 0.717) is 6.54 Å². The van der Waals surface area contributed by atoms with Crippen LogP contribution in [0.3, 0.4) is 0 Å². The minimum absolute atomic E-state index is 0.00112. The van der Waals surface area contributed by atoms with Gasteiger partial charge in [-0.2, -0.15) is 5.10 Å². The largest absolute Gasteiger partial charge is 0.345 e. The van der Waals surface area contributed by atoms with Crippen LogP contribution in [0.25, 0.3) is 0 Å². The van der Waals surface area contributed by atoms with E-state index in [0.717, 1.165) is 18.4 Å². The Hall–Kier alpha value is -1.85. The third kappa shape index (κ3) is 3.00. The molecular formula is C14H22N4O2. The first-order valence-corrected chi connectivity index (χ1v) is 7.07. The standard InChI is InChI=1S/C14H22N4O2/c1-4-10(2)13-14(20)15-8-12(19)18(13)6-5-11-7-16-17(3)9-11/h7,9-10,13H,4-6,8H2,1-3H3,(H,15,20). The van der Waals surface area contributed by atoms with Crippen LogP contribution in [-0.2, 0) is 23.1 Å². The van der Waals surface area contributed by atoms with Crippen molar-refractivity contribution in [3.05, 3.63) is 18.0 Å². The van der Waals surface area contributed by atoms with Crippen LogP contribution in [0.15, 0.2) is 12.4 Å². The minimum Gasteiger partial charge on any atom is -0.345 e. The zero-order valence-electron chi connectivity index (χ0n) is 12.3. The van der Waals surface area contributed by atoms with Gasteiger partial charge < -0.3 is 10.2 Å². The van der Waals surface area contributed by atoms with E-state index >= 15 is 0 Å². The molecule has 20 heavy (non-hydrogen) atoms. The van der Waals surface area contributed by atoms with E-state index in [1.54, 1.807) is 15.8 Å². The summed E-state index contributed by atoms with van der Waals surface area (Å²) in [7, 11) is 1.87. The predicted molar refractivity (Wildman–Crippen MR) is 74.9 cm³/mol. The first-order chi connectivity index (χ1) is 9.52. The molecule has 1 aromatic rings. The second kappa shape index (κ2) is 6.07. The van der Waals surface area contributed by atoms with Gasteiger partial charge in [-0.25, -0.2) is 0 Å². The van der Waals surface area contributed by atoms with E-state index in [9.17, 15) is 9.59 Å². The number of carbonyl (C=O) groups is 2. The third-order valence-electron chi connectivity index (χ3n) is 3.92. The number of hydrogen-bond donors (Lipinski definition) is 1. The molecule has 2 atom stereocenters. The molecule has 0 spiro atoms. The van der Waals surface area contributed by atoms with Gasteiger partial charge in [0.05, 0.1) is 12.7 Å². The van der Waals surface area contributed by atoms with Gasteiger partial charge >= 0.3 is 0 Å². The Morgan fingerprint density at radius 1 is 1.50 bits per heavy atom. The summed E-state index contributed by atoms with van der Waals surface area (Å²) in [5, 5.41) is 6.80. The quantitative estimate of drug-likeness (QED) is 0.844. The summed E-state index contributed by atoms with van der Waals surface area (Å²) in [6.45, 7) is 4.72. The molecule has 2 rings (SSSR count). The van der Waals surface area contributed by atoms with E-state index in [1.807, 2.05) is 27.1 Å². The fourth-order valence-electron chi connectivity index (χ4n) is 2.57. The second-order valence-corrected chi connectivity index (χ2v) is 5.41. The maximum absolute atomic E-state index is 12.1. The number of piperazine rings is 1. The van der Waals surface area contributed by atoms with Crippen molar-refractivity contribution >= 4 is 11.8 Å². The molecule has 2 unspecified atom stereocenters. The van der Waals surface area contributed by atoms with Crippen LogP contribution in [0.1, 0.15) is 25.8 Å². The van der Waals surface area contributed by atoms with Crippen LogP contribution in [0.4, 0.5) is 0 Å². The number of aromatic nitrogens is 2. The minimum atomic E-state index is -0.349. The Morgan fingerprint density at radius 2 is 2.25 bits per heavy atom. The molecule has 0 aliphatic carbocycles. The SMILES string of the molecule is CCC(C)C1C(=O)NCC(=O)N1CCc1cnn(C)c1. The predicted octanol–water partition coefficient (Wildman–Crippen LogP) is 0.336. The Morgan fingerprint density at radius 3 is 2.85 bits per heavy atom. The monoisotopic (exact) mass is 278 g/mol. The van der Waals surface area contributed by atoms with Crippen molar-refractivity contribution in [2.75, 3.05) is 13.1 Å². The third-order valence-corrected chi connectivity index (χ3v) is 3.92. The van der Waals surface area contributed by atoms with Crippen LogP contribution in [0.5, 0.6) is 0 Å². The summed E-state index contributed by atoms with van der Waals surface area (Å²) in [5.74, 6) is 0.122. The van der Waals surface area contributed by atoms with E-state index in [1.165, 1.54) is 0 Å². The maximum Gasteiger partial charge on any atom is 0.243 e. The van der Waals surface area contributed by atoms with Gasteiger partial charge in [-0.15, -0.1) is 0 Å². The lowest BCUT2D eigenvalue weighted by atomic mass is 9.94. The zero-order chi connectivity index (χ0) is 14.7. The molecule has 2 amide bonds. The highest BCUT2D eigenvalue weighted by Gasteiger charge is 2.36. The van der Waals surface area contributed by atoms with Crippen molar-refractivity contribution in [1.29, 1.82) is 0 Å². The molecule has 6 heteroatoms. The van der Waals surface area contributed by atoms with E-state index in [4.69, 9.17) is 0 Å². The van der Waals surface area contributed by atoms with Gasteiger partial charge in [-0.3, -0.25) is 14.3 Å². The lowest BCUT2D eigenvalue weighted by molar-refractivity contribution is -0.147. The molecule has 1 aromatic heterocycles. The highest BCUT2D eigenvalue weighted by Crippen LogP contribution is 2.18. The lowest BCUT2D eigenvalue weighted by Gasteiger charge is -2.38. The number of hydrogen-bond acceptors (Lipinski definition) is 3. The lowest BCUT2D eigenvalue weighted by Crippen LogP contribution is -2.60. The summed E-state index contributed by atoms with van der Waals surface area (Å²) >= 11 is 0. The molecule has 2 heterocycles. The molecule has 1 saturated heterocycles. The van der Waals surface area contributed by atoms with Gasteiger partial charge in [0.15, 0.2) is 0 Å². The van der Waals surface area contributed by atoms with E-state index in [-0.39, 0.29) is 30.3 Å². The summed E-state index contributed by atoms with van der Waals surface area (Å²) in [4.78, 5) is 25.9. The average molecular weight is 278 g/mol. The molecule has 1 fully saturated rings. The smallest absolute Gasteiger partial charge is 0.243 e. The fraction of sp³-hybridized carbons (Fsp3) is 0.643. The Bertz CT molecular complexity index is 497. The van der Waals surface area contributed by atoms with Crippen LogP contribution in [-0.4, -0.2) is 45.6 Å². The van der Waals surface area contributed by atoms with Gasteiger partial charge in [-0.1, -0.05) is 20.3 Å². The van der Waals surface area contributed by atoms with Crippen molar-refractivity contribution in [2.45, 2.75) is 32.7 Å². The number of carbonyl (C=O) groups excluding carboxylic acids is 2. The summed E-state index contributed by atoms with van der Waals surface area (Å²) in [5.41, 5.74) is 1.08. The van der Waals surface area contributed by atoms with Crippen LogP contribution >= 0.6 is 0 Å². The number of nitrogens with one attached hydrogen (secondary N) is 1. The van der Waals surface area contributed by atoms with Crippen LogP contribution in [0, 0.1) is 5.92 Å². The molecule has 0 aromatic carbocycles. The van der Waals surface area contributed by atoms with Crippen molar-refractivity contribution in [3.8, 4) is 0 Å². The van der Waals surface area contributed by atoms with E-state index in [2.05, 4.69) is 10.4 Å². The van der Waals surface area contributed by atoms with Gasteiger partial charge in [0.1, 0.15) is 6.04 Å².